The van der Waals surface area contributed by atoms with E-state index in [1.807, 2.05) is 23.9 Å². The van der Waals surface area contributed by atoms with Gasteiger partial charge in [-0.2, -0.15) is 0 Å². The third kappa shape index (κ3) is 5.42. The molecule has 1 aliphatic rings. The SMILES string of the molecule is COc1ccc(C(=O)N(CCN(C)C)CC2CCCCC2)cc1[N+](=O)[O-]. The van der Waals surface area contributed by atoms with Crippen molar-refractivity contribution in [1.82, 2.24) is 9.80 Å². The first-order valence-electron chi connectivity index (χ1n) is 9.18. The molecule has 1 aliphatic carbocycles. The fraction of sp³-hybridized carbons (Fsp3) is 0.632. The quantitative estimate of drug-likeness (QED) is 0.524. The molecule has 0 spiro atoms. The van der Waals surface area contributed by atoms with E-state index in [4.69, 9.17) is 4.74 Å². The molecule has 1 saturated carbocycles. The average Bonchev–Trinajstić information content (AvgIpc) is 2.64. The summed E-state index contributed by atoms with van der Waals surface area (Å²) in [5.74, 6) is 0.532. The van der Waals surface area contributed by atoms with E-state index >= 15 is 0 Å². The highest BCUT2D eigenvalue weighted by molar-refractivity contribution is 5.95. The average molecular weight is 363 g/mol. The highest BCUT2D eigenvalue weighted by Crippen LogP contribution is 2.29. The predicted molar refractivity (Wildman–Crippen MR) is 101 cm³/mol. The van der Waals surface area contributed by atoms with Crippen LogP contribution in [0.2, 0.25) is 0 Å². The molecule has 0 aliphatic heterocycles. The minimum atomic E-state index is -0.513. The second-order valence-electron chi connectivity index (χ2n) is 7.20. The molecule has 0 unspecified atom stereocenters. The lowest BCUT2D eigenvalue weighted by Gasteiger charge is -2.30. The van der Waals surface area contributed by atoms with E-state index < -0.39 is 4.92 Å². The Morgan fingerprint density at radius 3 is 2.50 bits per heavy atom. The topological polar surface area (TPSA) is 75.9 Å². The molecule has 0 bridgehead atoms. The van der Waals surface area contributed by atoms with Crippen LogP contribution in [-0.2, 0) is 0 Å². The summed E-state index contributed by atoms with van der Waals surface area (Å²) in [6.45, 7) is 2.09. The maximum atomic E-state index is 13.0. The standard InChI is InChI=1S/C19H29N3O4/c1-20(2)11-12-21(14-15-7-5-4-6-8-15)19(23)16-9-10-18(26-3)17(13-16)22(24)25/h9-10,13,15H,4-8,11-12,14H2,1-3H3. The molecule has 0 heterocycles. The van der Waals surface area contributed by atoms with Crippen molar-refractivity contribution in [2.24, 2.45) is 5.92 Å². The largest absolute Gasteiger partial charge is 0.490 e. The third-order valence-electron chi connectivity index (χ3n) is 4.93. The van der Waals surface area contributed by atoms with Crippen molar-refractivity contribution in [2.75, 3.05) is 40.8 Å². The number of hydrogen-bond acceptors (Lipinski definition) is 5. The summed E-state index contributed by atoms with van der Waals surface area (Å²) in [4.78, 5) is 27.7. The van der Waals surface area contributed by atoms with Crippen LogP contribution >= 0.6 is 0 Å². The number of benzene rings is 1. The summed E-state index contributed by atoms with van der Waals surface area (Å²) in [6, 6.07) is 4.43. The number of methoxy groups -OCH3 is 1. The van der Waals surface area contributed by atoms with Crippen LogP contribution in [0.5, 0.6) is 5.75 Å². The van der Waals surface area contributed by atoms with Crippen molar-refractivity contribution in [3.8, 4) is 5.75 Å². The summed E-state index contributed by atoms with van der Waals surface area (Å²) in [5, 5.41) is 11.3. The normalized spacial score (nSPS) is 15.1. The van der Waals surface area contributed by atoms with E-state index in [2.05, 4.69) is 0 Å². The zero-order chi connectivity index (χ0) is 19.1. The predicted octanol–water partition coefficient (Wildman–Crippen LogP) is 3.19. The Morgan fingerprint density at radius 1 is 1.23 bits per heavy atom. The number of ether oxygens (including phenoxy) is 1. The summed E-state index contributed by atoms with van der Waals surface area (Å²) >= 11 is 0. The lowest BCUT2D eigenvalue weighted by molar-refractivity contribution is -0.385. The van der Waals surface area contributed by atoms with Gasteiger partial charge in [-0.05, 0) is 45.0 Å². The van der Waals surface area contributed by atoms with Crippen molar-refractivity contribution in [3.05, 3.63) is 33.9 Å². The first kappa shape index (κ1) is 20.2. The minimum absolute atomic E-state index is 0.150. The van der Waals surface area contributed by atoms with Crippen molar-refractivity contribution < 1.29 is 14.5 Å². The molecule has 7 heteroatoms. The molecule has 0 N–H and O–H groups in total. The summed E-state index contributed by atoms with van der Waals surface area (Å²) in [5.41, 5.74) is 0.163. The van der Waals surface area contributed by atoms with Gasteiger partial charge in [0.05, 0.1) is 12.0 Å². The number of nitrogens with zero attached hydrogens (tertiary/aromatic N) is 3. The van der Waals surface area contributed by atoms with Gasteiger partial charge in [-0.1, -0.05) is 19.3 Å². The molecule has 0 atom stereocenters. The summed E-state index contributed by atoms with van der Waals surface area (Å²) in [7, 11) is 5.33. The molecule has 7 nitrogen and oxygen atoms in total. The number of nitro benzene ring substituents is 1. The van der Waals surface area contributed by atoms with Crippen LogP contribution in [-0.4, -0.2) is 61.5 Å². The molecule has 0 radical (unpaired) electrons. The highest BCUT2D eigenvalue weighted by atomic mass is 16.6. The van der Waals surface area contributed by atoms with Crippen LogP contribution < -0.4 is 4.74 Å². The Balaban J connectivity index is 2.20. The molecule has 26 heavy (non-hydrogen) atoms. The first-order chi connectivity index (χ1) is 12.4. The maximum absolute atomic E-state index is 13.0. The molecule has 0 aromatic heterocycles. The van der Waals surface area contributed by atoms with E-state index in [1.165, 1.54) is 38.5 Å². The van der Waals surface area contributed by atoms with Gasteiger partial charge in [-0.25, -0.2) is 0 Å². The van der Waals surface area contributed by atoms with Crippen LogP contribution in [0.3, 0.4) is 0 Å². The van der Waals surface area contributed by atoms with Gasteiger partial charge in [0.25, 0.3) is 5.91 Å². The lowest BCUT2D eigenvalue weighted by atomic mass is 9.89. The van der Waals surface area contributed by atoms with Crippen molar-refractivity contribution in [3.63, 3.8) is 0 Å². The second-order valence-corrected chi connectivity index (χ2v) is 7.20. The van der Waals surface area contributed by atoms with Crippen LogP contribution in [0, 0.1) is 16.0 Å². The Kier molecular flexibility index (Phi) is 7.38. The molecule has 1 aromatic carbocycles. The van der Waals surface area contributed by atoms with Gasteiger partial charge in [0.1, 0.15) is 0 Å². The van der Waals surface area contributed by atoms with E-state index in [0.717, 1.165) is 19.4 Å². The van der Waals surface area contributed by atoms with Gasteiger partial charge < -0.3 is 14.5 Å². The monoisotopic (exact) mass is 363 g/mol. The molecule has 1 amide bonds. The van der Waals surface area contributed by atoms with Gasteiger partial charge in [-0.3, -0.25) is 14.9 Å². The van der Waals surface area contributed by atoms with Gasteiger partial charge in [0.2, 0.25) is 0 Å². The van der Waals surface area contributed by atoms with E-state index in [9.17, 15) is 14.9 Å². The number of amides is 1. The molecule has 1 aromatic rings. The number of likely N-dealkylation sites (N-methyl/N-ethyl adjacent to an activating group) is 1. The van der Waals surface area contributed by atoms with Crippen molar-refractivity contribution >= 4 is 11.6 Å². The Morgan fingerprint density at radius 2 is 1.92 bits per heavy atom. The van der Waals surface area contributed by atoms with E-state index in [0.29, 0.717) is 24.6 Å². The number of hydrogen-bond donors (Lipinski definition) is 0. The fourth-order valence-electron chi connectivity index (χ4n) is 3.43. The zero-order valence-corrected chi connectivity index (χ0v) is 15.9. The number of rotatable bonds is 8. The van der Waals surface area contributed by atoms with Crippen LogP contribution in [0.15, 0.2) is 18.2 Å². The van der Waals surface area contributed by atoms with Gasteiger partial charge in [0.15, 0.2) is 5.75 Å². The maximum Gasteiger partial charge on any atom is 0.311 e. The molecular weight excluding hydrogens is 334 g/mol. The Labute approximate surface area is 155 Å². The second kappa shape index (κ2) is 9.52. The molecule has 144 valence electrons. The van der Waals surface area contributed by atoms with Gasteiger partial charge >= 0.3 is 5.69 Å². The van der Waals surface area contributed by atoms with E-state index in [-0.39, 0.29) is 17.3 Å². The van der Waals surface area contributed by atoms with E-state index in [1.54, 1.807) is 6.07 Å². The molecule has 0 saturated heterocycles. The zero-order valence-electron chi connectivity index (χ0n) is 15.9. The fourth-order valence-corrected chi connectivity index (χ4v) is 3.43. The molecule has 2 rings (SSSR count). The van der Waals surface area contributed by atoms with Crippen LogP contribution in [0.25, 0.3) is 0 Å². The number of nitro groups is 1. The highest BCUT2D eigenvalue weighted by Gasteiger charge is 2.24. The first-order valence-corrected chi connectivity index (χ1v) is 9.18. The molecule has 1 fully saturated rings. The summed E-state index contributed by atoms with van der Waals surface area (Å²) in [6.07, 6.45) is 6.00. The smallest absolute Gasteiger partial charge is 0.311 e. The van der Waals surface area contributed by atoms with Crippen molar-refractivity contribution in [1.29, 1.82) is 0 Å². The van der Waals surface area contributed by atoms with Crippen molar-refractivity contribution in [2.45, 2.75) is 32.1 Å². The number of carbonyl (C=O) groups excluding carboxylic acids is 1. The minimum Gasteiger partial charge on any atom is -0.490 e. The summed E-state index contributed by atoms with van der Waals surface area (Å²) < 4.78 is 5.03. The Bertz CT molecular complexity index is 627. The third-order valence-corrected chi connectivity index (χ3v) is 4.93. The Hall–Kier alpha value is -2.15. The van der Waals surface area contributed by atoms with Crippen LogP contribution in [0.1, 0.15) is 42.5 Å². The molecular formula is C19H29N3O4. The van der Waals surface area contributed by atoms with Gasteiger partial charge in [0, 0.05) is 31.3 Å². The lowest BCUT2D eigenvalue weighted by Crippen LogP contribution is -2.40. The van der Waals surface area contributed by atoms with Gasteiger partial charge in [-0.15, -0.1) is 0 Å². The number of carbonyl (C=O) groups is 1. The van der Waals surface area contributed by atoms with Crippen LogP contribution in [0.4, 0.5) is 5.69 Å².